The molecule has 1 aliphatic heterocycles. The molecule has 0 unspecified atom stereocenters. The maximum Gasteiger partial charge on any atom is 0.420 e. The zero-order chi connectivity index (χ0) is 17.8. The largest absolute Gasteiger partial charge is 0.420 e. The van der Waals surface area contributed by atoms with Gasteiger partial charge in [0.15, 0.2) is 5.58 Å². The lowest BCUT2D eigenvalue weighted by molar-refractivity contribution is -0.121. The number of likely N-dealkylation sites (tertiary alicyclic amines) is 1. The summed E-state index contributed by atoms with van der Waals surface area (Å²) in [5, 5.41) is 2.66. The minimum Gasteiger partial charge on any atom is -0.408 e. The molecule has 1 N–H and O–H groups in total. The van der Waals surface area contributed by atoms with Gasteiger partial charge in [0.05, 0.1) is 12.1 Å². The van der Waals surface area contributed by atoms with Gasteiger partial charge in [-0.1, -0.05) is 0 Å². The summed E-state index contributed by atoms with van der Waals surface area (Å²) in [5.41, 5.74) is 1.29. The number of carbonyl (C=O) groups excluding carboxylic acids is 2. The molecule has 0 spiro atoms. The summed E-state index contributed by atoms with van der Waals surface area (Å²) in [6.45, 7) is 2.07. The van der Waals surface area contributed by atoms with Crippen LogP contribution in [0.3, 0.4) is 0 Å². The molecule has 8 nitrogen and oxygen atoms in total. The van der Waals surface area contributed by atoms with Crippen molar-refractivity contribution in [3.8, 4) is 0 Å². The molecule has 8 heteroatoms. The summed E-state index contributed by atoms with van der Waals surface area (Å²) in [5.74, 6) is -1.01. The molecular weight excluding hydrogens is 326 g/mol. The first-order chi connectivity index (χ1) is 12.1. The predicted molar refractivity (Wildman–Crippen MR) is 90.5 cm³/mol. The molecule has 0 bridgehead atoms. The van der Waals surface area contributed by atoms with Crippen molar-refractivity contribution in [3.05, 3.63) is 34.3 Å². The molecule has 134 valence electrons. The number of ether oxygens (including phenoxy) is 1. The van der Waals surface area contributed by atoms with Gasteiger partial charge in [-0.3, -0.25) is 14.2 Å². The van der Waals surface area contributed by atoms with E-state index in [2.05, 4.69) is 5.32 Å². The van der Waals surface area contributed by atoms with Crippen molar-refractivity contribution in [2.24, 2.45) is 0 Å². The van der Waals surface area contributed by atoms with Crippen molar-refractivity contribution in [2.75, 3.05) is 33.4 Å². The maximum absolute atomic E-state index is 12.5. The minimum absolute atomic E-state index is 0.0656. The summed E-state index contributed by atoms with van der Waals surface area (Å²) < 4.78 is 11.3. The van der Waals surface area contributed by atoms with Crippen LogP contribution < -0.4 is 11.1 Å². The van der Waals surface area contributed by atoms with Crippen molar-refractivity contribution >= 4 is 22.9 Å². The average Bonchev–Trinajstić information content (AvgIpc) is 3.23. The molecule has 1 saturated heterocycles. The van der Waals surface area contributed by atoms with Gasteiger partial charge >= 0.3 is 5.76 Å². The number of rotatable bonds is 6. The van der Waals surface area contributed by atoms with Crippen LogP contribution in [0.1, 0.15) is 23.2 Å². The van der Waals surface area contributed by atoms with Crippen LogP contribution in [0, 0.1) is 0 Å². The highest BCUT2D eigenvalue weighted by Gasteiger charge is 2.21. The van der Waals surface area contributed by atoms with E-state index in [-0.39, 0.29) is 18.4 Å². The highest BCUT2D eigenvalue weighted by Crippen LogP contribution is 2.18. The van der Waals surface area contributed by atoms with Gasteiger partial charge in [-0.05, 0) is 31.0 Å². The molecule has 1 aliphatic rings. The van der Waals surface area contributed by atoms with Crippen LogP contribution in [0.15, 0.2) is 27.4 Å². The quantitative estimate of drug-likeness (QED) is 0.772. The monoisotopic (exact) mass is 347 g/mol. The SMILES string of the molecule is COCCNC(=O)Cn1c(=O)oc2ccc(C(=O)N3CCCC3)cc21. The zero-order valence-electron chi connectivity index (χ0n) is 14.1. The van der Waals surface area contributed by atoms with Crippen molar-refractivity contribution < 1.29 is 18.7 Å². The Morgan fingerprint density at radius 3 is 2.76 bits per heavy atom. The molecule has 1 fully saturated rings. The summed E-state index contributed by atoms with van der Waals surface area (Å²) in [6.07, 6.45) is 2.01. The van der Waals surface area contributed by atoms with Crippen LogP contribution in [0.5, 0.6) is 0 Å². The van der Waals surface area contributed by atoms with E-state index >= 15 is 0 Å². The molecule has 0 aliphatic carbocycles. The van der Waals surface area contributed by atoms with Crippen LogP contribution in [-0.2, 0) is 16.1 Å². The van der Waals surface area contributed by atoms with Crippen molar-refractivity contribution in [1.29, 1.82) is 0 Å². The van der Waals surface area contributed by atoms with Gasteiger partial charge < -0.3 is 19.4 Å². The smallest absolute Gasteiger partial charge is 0.408 e. The van der Waals surface area contributed by atoms with Crippen LogP contribution >= 0.6 is 0 Å². The van der Waals surface area contributed by atoms with Gasteiger partial charge in [-0.25, -0.2) is 4.79 Å². The van der Waals surface area contributed by atoms with E-state index in [0.29, 0.717) is 29.8 Å². The number of aromatic nitrogens is 1. The van der Waals surface area contributed by atoms with Gasteiger partial charge in [-0.2, -0.15) is 0 Å². The number of hydrogen-bond donors (Lipinski definition) is 1. The minimum atomic E-state index is -0.623. The standard InChI is InChI=1S/C17H21N3O5/c1-24-9-6-18-15(21)11-20-13-10-12(4-5-14(13)25-17(20)23)16(22)19-7-2-3-8-19/h4-5,10H,2-3,6-9,11H2,1H3,(H,18,21). The number of benzene rings is 1. The molecule has 0 atom stereocenters. The molecule has 1 aromatic carbocycles. The van der Waals surface area contributed by atoms with Crippen LogP contribution in [0.25, 0.3) is 11.1 Å². The average molecular weight is 347 g/mol. The number of fused-ring (bicyclic) bond motifs is 1. The third-order valence-electron chi connectivity index (χ3n) is 4.24. The molecule has 1 aromatic heterocycles. The first kappa shape index (κ1) is 17.2. The zero-order valence-corrected chi connectivity index (χ0v) is 14.1. The van der Waals surface area contributed by atoms with Gasteiger partial charge in [0.25, 0.3) is 5.91 Å². The Morgan fingerprint density at radius 1 is 1.28 bits per heavy atom. The lowest BCUT2D eigenvalue weighted by Gasteiger charge is -2.15. The molecular formula is C17H21N3O5. The first-order valence-corrected chi connectivity index (χ1v) is 8.28. The lowest BCUT2D eigenvalue weighted by atomic mass is 10.2. The second kappa shape index (κ2) is 7.52. The number of hydrogen-bond acceptors (Lipinski definition) is 5. The van der Waals surface area contributed by atoms with Crippen LogP contribution in [-0.4, -0.2) is 54.6 Å². The Hall–Kier alpha value is -2.61. The fourth-order valence-electron chi connectivity index (χ4n) is 2.94. The van der Waals surface area contributed by atoms with Gasteiger partial charge in [-0.15, -0.1) is 0 Å². The molecule has 2 amide bonds. The predicted octanol–water partition coefficient (Wildman–Crippen LogP) is 0.593. The normalized spacial score (nSPS) is 14.2. The number of methoxy groups -OCH3 is 1. The number of nitrogens with one attached hydrogen (secondary N) is 1. The fourth-order valence-corrected chi connectivity index (χ4v) is 2.94. The Bertz CT molecular complexity index is 832. The van der Waals surface area contributed by atoms with Gasteiger partial charge in [0.2, 0.25) is 5.91 Å². The lowest BCUT2D eigenvalue weighted by Crippen LogP contribution is -2.32. The van der Waals surface area contributed by atoms with Crippen molar-refractivity contribution in [2.45, 2.75) is 19.4 Å². The van der Waals surface area contributed by atoms with Crippen LogP contribution in [0.4, 0.5) is 0 Å². The van der Waals surface area contributed by atoms with E-state index < -0.39 is 5.76 Å². The third kappa shape index (κ3) is 3.74. The number of oxazole rings is 1. The summed E-state index contributed by atoms with van der Waals surface area (Å²) >= 11 is 0. The Labute approximate surface area is 144 Å². The van der Waals surface area contributed by atoms with E-state index in [9.17, 15) is 14.4 Å². The number of nitrogens with zero attached hydrogens (tertiary/aromatic N) is 2. The Balaban J connectivity index is 1.84. The van der Waals surface area contributed by atoms with Gasteiger partial charge in [0, 0.05) is 32.3 Å². The fraction of sp³-hybridized carbons (Fsp3) is 0.471. The van der Waals surface area contributed by atoms with Crippen LogP contribution in [0.2, 0.25) is 0 Å². The van der Waals surface area contributed by atoms with Crippen molar-refractivity contribution in [3.63, 3.8) is 0 Å². The summed E-state index contributed by atoms with van der Waals surface area (Å²) in [4.78, 5) is 38.3. The second-order valence-electron chi connectivity index (χ2n) is 5.98. The Kier molecular flexibility index (Phi) is 5.18. The number of amides is 2. The second-order valence-corrected chi connectivity index (χ2v) is 5.98. The topological polar surface area (TPSA) is 93.8 Å². The molecule has 25 heavy (non-hydrogen) atoms. The maximum atomic E-state index is 12.5. The summed E-state index contributed by atoms with van der Waals surface area (Å²) in [6, 6.07) is 4.86. The van der Waals surface area contributed by atoms with E-state index in [1.807, 2.05) is 0 Å². The third-order valence-corrected chi connectivity index (χ3v) is 4.24. The Morgan fingerprint density at radius 2 is 2.04 bits per heavy atom. The number of carbonyl (C=O) groups is 2. The molecule has 0 radical (unpaired) electrons. The highest BCUT2D eigenvalue weighted by atomic mass is 16.5. The molecule has 0 saturated carbocycles. The molecule has 3 rings (SSSR count). The van der Waals surface area contributed by atoms with E-state index in [1.54, 1.807) is 30.2 Å². The first-order valence-electron chi connectivity index (χ1n) is 8.28. The van der Waals surface area contributed by atoms with Crippen molar-refractivity contribution in [1.82, 2.24) is 14.8 Å². The van der Waals surface area contributed by atoms with E-state index in [0.717, 1.165) is 25.9 Å². The highest BCUT2D eigenvalue weighted by molar-refractivity contribution is 5.97. The van der Waals surface area contributed by atoms with Gasteiger partial charge in [0.1, 0.15) is 6.54 Å². The van der Waals surface area contributed by atoms with E-state index in [4.69, 9.17) is 9.15 Å². The van der Waals surface area contributed by atoms with E-state index in [1.165, 1.54) is 4.57 Å². The summed E-state index contributed by atoms with van der Waals surface area (Å²) in [7, 11) is 1.54. The molecule has 2 aromatic rings. The molecule has 2 heterocycles.